The SMILES string of the molecule is CSCC[C@H](NC(=O)c1ccsc1)c1cn(C2(C#N)CC2)nn1. The smallest absolute Gasteiger partial charge is 0.252 e. The van der Waals surface area contributed by atoms with Crippen molar-refractivity contribution in [2.24, 2.45) is 0 Å². The topological polar surface area (TPSA) is 83.6 Å². The summed E-state index contributed by atoms with van der Waals surface area (Å²) in [6.45, 7) is 0. The summed E-state index contributed by atoms with van der Waals surface area (Å²) >= 11 is 3.22. The molecular weight excluding hydrogens is 330 g/mol. The highest BCUT2D eigenvalue weighted by molar-refractivity contribution is 7.98. The first kappa shape index (κ1) is 16.0. The maximum Gasteiger partial charge on any atom is 0.252 e. The van der Waals surface area contributed by atoms with Gasteiger partial charge in [0.25, 0.3) is 5.91 Å². The van der Waals surface area contributed by atoms with Crippen LogP contribution >= 0.6 is 23.1 Å². The zero-order valence-electron chi connectivity index (χ0n) is 12.7. The van der Waals surface area contributed by atoms with E-state index in [1.807, 2.05) is 17.0 Å². The Labute approximate surface area is 142 Å². The van der Waals surface area contributed by atoms with Crippen molar-refractivity contribution in [2.75, 3.05) is 12.0 Å². The Morgan fingerprint density at radius 2 is 2.48 bits per heavy atom. The molecule has 1 atom stereocenters. The van der Waals surface area contributed by atoms with Gasteiger partial charge in [0, 0.05) is 5.38 Å². The fraction of sp³-hybridized carbons (Fsp3) is 0.467. The van der Waals surface area contributed by atoms with Crippen LogP contribution in [0.5, 0.6) is 0 Å². The van der Waals surface area contributed by atoms with E-state index in [2.05, 4.69) is 21.7 Å². The minimum atomic E-state index is -0.521. The summed E-state index contributed by atoms with van der Waals surface area (Å²) in [4.78, 5) is 12.3. The average Bonchev–Trinajstić information content (AvgIpc) is 2.99. The summed E-state index contributed by atoms with van der Waals surface area (Å²) in [6.07, 6.45) is 6.22. The van der Waals surface area contributed by atoms with Crippen molar-refractivity contribution in [3.8, 4) is 6.07 Å². The number of nitrogens with zero attached hydrogens (tertiary/aromatic N) is 4. The molecule has 0 bridgehead atoms. The molecule has 0 spiro atoms. The molecule has 1 saturated carbocycles. The van der Waals surface area contributed by atoms with Gasteiger partial charge in [-0.2, -0.15) is 28.4 Å². The third-order valence-electron chi connectivity index (χ3n) is 3.94. The van der Waals surface area contributed by atoms with Gasteiger partial charge in [-0.05, 0) is 42.7 Å². The minimum Gasteiger partial charge on any atom is -0.343 e. The first-order chi connectivity index (χ1) is 11.2. The van der Waals surface area contributed by atoms with E-state index in [-0.39, 0.29) is 11.9 Å². The number of thioether (sulfide) groups is 1. The normalized spacial score (nSPS) is 16.5. The van der Waals surface area contributed by atoms with E-state index in [1.54, 1.807) is 28.7 Å². The van der Waals surface area contributed by atoms with Crippen molar-refractivity contribution in [3.05, 3.63) is 34.3 Å². The third-order valence-corrected chi connectivity index (χ3v) is 5.26. The van der Waals surface area contributed by atoms with Gasteiger partial charge in [0.1, 0.15) is 5.69 Å². The molecule has 2 aromatic rings. The second-order valence-corrected chi connectivity index (χ2v) is 7.32. The van der Waals surface area contributed by atoms with Crippen molar-refractivity contribution in [1.29, 1.82) is 5.26 Å². The molecule has 6 nitrogen and oxygen atoms in total. The van der Waals surface area contributed by atoms with E-state index in [9.17, 15) is 10.1 Å². The molecule has 120 valence electrons. The summed E-state index contributed by atoms with van der Waals surface area (Å²) in [6, 6.07) is 3.90. The van der Waals surface area contributed by atoms with E-state index in [0.29, 0.717) is 11.3 Å². The Bertz CT molecular complexity index is 715. The highest BCUT2D eigenvalue weighted by Gasteiger charge is 2.46. The highest BCUT2D eigenvalue weighted by atomic mass is 32.2. The molecule has 1 aliphatic rings. The van der Waals surface area contributed by atoms with E-state index >= 15 is 0 Å². The Balaban J connectivity index is 1.76. The quantitative estimate of drug-likeness (QED) is 0.832. The third kappa shape index (κ3) is 3.41. The molecule has 2 aromatic heterocycles. The van der Waals surface area contributed by atoms with Crippen LogP contribution in [0.1, 0.15) is 41.4 Å². The van der Waals surface area contributed by atoms with Crippen LogP contribution in [-0.2, 0) is 5.54 Å². The van der Waals surface area contributed by atoms with Crippen molar-refractivity contribution in [2.45, 2.75) is 30.8 Å². The summed E-state index contributed by atoms with van der Waals surface area (Å²) in [7, 11) is 0. The zero-order chi connectivity index (χ0) is 16.3. The molecule has 1 N–H and O–H groups in total. The molecule has 2 heterocycles. The molecule has 23 heavy (non-hydrogen) atoms. The van der Waals surface area contributed by atoms with Crippen molar-refractivity contribution in [3.63, 3.8) is 0 Å². The number of carbonyl (C=O) groups excluding carboxylic acids is 1. The number of rotatable bonds is 7. The van der Waals surface area contributed by atoms with Crippen LogP contribution in [-0.4, -0.2) is 32.9 Å². The van der Waals surface area contributed by atoms with Crippen LogP contribution in [0.4, 0.5) is 0 Å². The number of aromatic nitrogens is 3. The maximum absolute atomic E-state index is 12.3. The molecule has 0 unspecified atom stereocenters. The minimum absolute atomic E-state index is 0.103. The fourth-order valence-corrected chi connectivity index (χ4v) is 3.43. The number of nitrogens with one attached hydrogen (secondary N) is 1. The summed E-state index contributed by atoms with van der Waals surface area (Å²) in [5.74, 6) is 0.804. The summed E-state index contributed by atoms with van der Waals surface area (Å²) < 4.78 is 1.64. The Morgan fingerprint density at radius 1 is 1.65 bits per heavy atom. The number of carbonyl (C=O) groups is 1. The molecular formula is C15H17N5OS2. The standard InChI is InChI=1S/C15H17N5OS2/c1-22-6-3-12(17-14(21)11-2-7-23-9-11)13-8-20(19-18-13)15(10-16)4-5-15/h2,7-9,12H,3-6H2,1H3,(H,17,21)/t12-/m0/s1. The number of nitriles is 1. The predicted molar refractivity (Wildman–Crippen MR) is 90.4 cm³/mol. The molecule has 0 aromatic carbocycles. The largest absolute Gasteiger partial charge is 0.343 e. The van der Waals surface area contributed by atoms with Crippen LogP contribution in [0.25, 0.3) is 0 Å². The lowest BCUT2D eigenvalue weighted by molar-refractivity contribution is 0.0935. The van der Waals surface area contributed by atoms with Gasteiger partial charge < -0.3 is 5.32 Å². The van der Waals surface area contributed by atoms with Crippen molar-refractivity contribution in [1.82, 2.24) is 20.3 Å². The lowest BCUT2D eigenvalue weighted by Gasteiger charge is -2.15. The van der Waals surface area contributed by atoms with Gasteiger partial charge in [0.15, 0.2) is 5.54 Å². The van der Waals surface area contributed by atoms with Gasteiger partial charge in [-0.15, -0.1) is 5.10 Å². The molecule has 8 heteroatoms. The van der Waals surface area contributed by atoms with Crippen LogP contribution in [0.15, 0.2) is 23.0 Å². The van der Waals surface area contributed by atoms with Crippen molar-refractivity contribution >= 4 is 29.0 Å². The molecule has 1 amide bonds. The fourth-order valence-electron chi connectivity index (χ4n) is 2.32. The second kappa shape index (κ2) is 6.72. The van der Waals surface area contributed by atoms with E-state index < -0.39 is 5.54 Å². The van der Waals surface area contributed by atoms with Gasteiger partial charge in [-0.3, -0.25) is 4.79 Å². The van der Waals surface area contributed by atoms with Crippen LogP contribution in [0, 0.1) is 11.3 Å². The molecule has 1 aliphatic carbocycles. The van der Waals surface area contributed by atoms with E-state index in [1.165, 1.54) is 11.3 Å². The Morgan fingerprint density at radius 3 is 3.09 bits per heavy atom. The average molecular weight is 347 g/mol. The van der Waals surface area contributed by atoms with Gasteiger partial charge >= 0.3 is 0 Å². The van der Waals surface area contributed by atoms with Gasteiger partial charge in [0.2, 0.25) is 0 Å². The molecule has 0 radical (unpaired) electrons. The molecule has 0 aliphatic heterocycles. The second-order valence-electron chi connectivity index (χ2n) is 5.55. The summed E-state index contributed by atoms with van der Waals surface area (Å²) in [5.41, 5.74) is 0.850. The van der Waals surface area contributed by atoms with Gasteiger partial charge in [0.05, 0.1) is 23.9 Å². The van der Waals surface area contributed by atoms with E-state index in [4.69, 9.17) is 0 Å². The number of hydrogen-bond donors (Lipinski definition) is 1. The lowest BCUT2D eigenvalue weighted by atomic mass is 10.1. The first-order valence-corrected chi connectivity index (χ1v) is 9.68. The van der Waals surface area contributed by atoms with Crippen LogP contribution < -0.4 is 5.32 Å². The first-order valence-electron chi connectivity index (χ1n) is 7.34. The van der Waals surface area contributed by atoms with E-state index in [0.717, 1.165) is 25.0 Å². The summed E-state index contributed by atoms with van der Waals surface area (Å²) in [5, 5.41) is 24.3. The highest BCUT2D eigenvalue weighted by Crippen LogP contribution is 2.42. The molecule has 3 rings (SSSR count). The number of hydrogen-bond acceptors (Lipinski definition) is 6. The molecule has 0 saturated heterocycles. The predicted octanol–water partition coefficient (Wildman–Crippen LogP) is 2.58. The number of amides is 1. The Hall–Kier alpha value is -1.85. The maximum atomic E-state index is 12.3. The van der Waals surface area contributed by atoms with Crippen LogP contribution in [0.2, 0.25) is 0 Å². The van der Waals surface area contributed by atoms with Gasteiger partial charge in [-0.25, -0.2) is 4.68 Å². The Kier molecular flexibility index (Phi) is 4.68. The molecule has 1 fully saturated rings. The monoisotopic (exact) mass is 347 g/mol. The lowest BCUT2D eigenvalue weighted by Crippen LogP contribution is -2.29. The van der Waals surface area contributed by atoms with Crippen molar-refractivity contribution < 1.29 is 4.79 Å². The number of thiophene rings is 1. The zero-order valence-corrected chi connectivity index (χ0v) is 14.4. The van der Waals surface area contributed by atoms with Crippen LogP contribution in [0.3, 0.4) is 0 Å². The van der Waals surface area contributed by atoms with Gasteiger partial charge in [-0.1, -0.05) is 5.21 Å².